The SMILES string of the molecule is Cc1nn(C)cc1/C=C1/CC(=O)NC1=O. The van der Waals surface area contributed by atoms with Gasteiger partial charge in [-0.25, -0.2) is 0 Å². The number of nitrogens with zero attached hydrogens (tertiary/aromatic N) is 2. The minimum Gasteiger partial charge on any atom is -0.292 e. The van der Waals surface area contributed by atoms with Crippen molar-refractivity contribution < 1.29 is 9.59 Å². The molecule has 0 saturated carbocycles. The molecule has 0 aromatic carbocycles. The van der Waals surface area contributed by atoms with Crippen molar-refractivity contribution in [3.63, 3.8) is 0 Å². The molecule has 1 aromatic rings. The molecule has 2 amide bonds. The van der Waals surface area contributed by atoms with Gasteiger partial charge in [-0.15, -0.1) is 0 Å². The lowest BCUT2D eigenvalue weighted by molar-refractivity contribution is -0.124. The van der Waals surface area contributed by atoms with Gasteiger partial charge in [0.15, 0.2) is 0 Å². The molecular formula is C10H11N3O2. The molecular weight excluding hydrogens is 194 g/mol. The molecule has 1 aliphatic rings. The Kier molecular flexibility index (Phi) is 2.15. The number of hydrogen-bond donors (Lipinski definition) is 1. The summed E-state index contributed by atoms with van der Waals surface area (Å²) in [7, 11) is 1.81. The number of rotatable bonds is 1. The lowest BCUT2D eigenvalue weighted by Gasteiger charge is -1.91. The number of aromatic nitrogens is 2. The molecule has 0 spiro atoms. The summed E-state index contributed by atoms with van der Waals surface area (Å²) in [6.45, 7) is 1.86. The Bertz CT molecular complexity index is 471. The van der Waals surface area contributed by atoms with E-state index in [1.54, 1.807) is 10.8 Å². The highest BCUT2D eigenvalue weighted by Gasteiger charge is 2.23. The molecule has 1 aliphatic heterocycles. The molecule has 2 heterocycles. The van der Waals surface area contributed by atoms with Crippen LogP contribution in [0.2, 0.25) is 0 Å². The zero-order valence-corrected chi connectivity index (χ0v) is 8.57. The molecule has 1 fully saturated rings. The molecule has 0 bridgehead atoms. The molecule has 2 rings (SSSR count). The van der Waals surface area contributed by atoms with Crippen molar-refractivity contribution in [2.24, 2.45) is 7.05 Å². The van der Waals surface area contributed by atoms with Crippen molar-refractivity contribution in [3.05, 3.63) is 23.0 Å². The zero-order chi connectivity index (χ0) is 11.0. The van der Waals surface area contributed by atoms with E-state index in [-0.39, 0.29) is 18.2 Å². The Hall–Kier alpha value is -1.91. The van der Waals surface area contributed by atoms with Crippen molar-refractivity contribution in [3.8, 4) is 0 Å². The summed E-state index contributed by atoms with van der Waals surface area (Å²) in [6, 6.07) is 0. The summed E-state index contributed by atoms with van der Waals surface area (Å²) in [4.78, 5) is 22.2. The topological polar surface area (TPSA) is 64.0 Å². The molecule has 0 radical (unpaired) electrons. The highest BCUT2D eigenvalue weighted by molar-refractivity contribution is 6.15. The number of aryl methyl sites for hydroxylation is 2. The molecule has 1 N–H and O–H groups in total. The third-order valence-corrected chi connectivity index (χ3v) is 2.28. The molecule has 15 heavy (non-hydrogen) atoms. The largest absolute Gasteiger partial charge is 0.292 e. The van der Waals surface area contributed by atoms with Crippen molar-refractivity contribution >= 4 is 17.9 Å². The zero-order valence-electron chi connectivity index (χ0n) is 8.57. The van der Waals surface area contributed by atoms with Gasteiger partial charge in [-0.2, -0.15) is 5.10 Å². The van der Waals surface area contributed by atoms with Crippen molar-refractivity contribution in [2.75, 3.05) is 0 Å². The predicted molar refractivity (Wildman–Crippen MR) is 53.7 cm³/mol. The van der Waals surface area contributed by atoms with Crippen LogP contribution in [0.15, 0.2) is 11.8 Å². The van der Waals surface area contributed by atoms with E-state index in [0.29, 0.717) is 5.57 Å². The van der Waals surface area contributed by atoms with Crippen LogP contribution >= 0.6 is 0 Å². The number of imide groups is 1. The third kappa shape index (κ3) is 1.81. The van der Waals surface area contributed by atoms with Gasteiger partial charge in [0.1, 0.15) is 0 Å². The van der Waals surface area contributed by atoms with Crippen LogP contribution in [0.3, 0.4) is 0 Å². The third-order valence-electron chi connectivity index (χ3n) is 2.28. The van der Waals surface area contributed by atoms with Gasteiger partial charge < -0.3 is 0 Å². The fourth-order valence-electron chi connectivity index (χ4n) is 1.57. The average molecular weight is 205 g/mol. The van der Waals surface area contributed by atoms with E-state index in [9.17, 15) is 9.59 Å². The lowest BCUT2D eigenvalue weighted by atomic mass is 10.1. The van der Waals surface area contributed by atoms with E-state index < -0.39 is 0 Å². The van der Waals surface area contributed by atoms with E-state index in [2.05, 4.69) is 10.4 Å². The van der Waals surface area contributed by atoms with Crippen LogP contribution in [0.5, 0.6) is 0 Å². The summed E-state index contributed by atoms with van der Waals surface area (Å²) >= 11 is 0. The van der Waals surface area contributed by atoms with E-state index in [4.69, 9.17) is 0 Å². The summed E-state index contributed by atoms with van der Waals surface area (Å²) < 4.78 is 1.68. The van der Waals surface area contributed by atoms with E-state index in [1.807, 2.05) is 20.2 Å². The molecule has 5 heteroatoms. The maximum atomic E-state index is 11.3. The van der Waals surface area contributed by atoms with E-state index in [1.165, 1.54) is 0 Å². The van der Waals surface area contributed by atoms with Gasteiger partial charge in [0.2, 0.25) is 5.91 Å². The van der Waals surface area contributed by atoms with Crippen LogP contribution in [0.4, 0.5) is 0 Å². The fraction of sp³-hybridized carbons (Fsp3) is 0.300. The van der Waals surface area contributed by atoms with Gasteiger partial charge in [0, 0.05) is 24.4 Å². The van der Waals surface area contributed by atoms with Crippen LogP contribution < -0.4 is 5.32 Å². The summed E-state index contributed by atoms with van der Waals surface area (Å²) in [5.41, 5.74) is 2.21. The van der Waals surface area contributed by atoms with Gasteiger partial charge >= 0.3 is 0 Å². The highest BCUT2D eigenvalue weighted by atomic mass is 16.2. The second-order valence-corrected chi connectivity index (χ2v) is 3.57. The molecule has 0 aliphatic carbocycles. The van der Waals surface area contributed by atoms with Gasteiger partial charge in [-0.05, 0) is 13.0 Å². The first-order valence-electron chi connectivity index (χ1n) is 4.61. The number of carbonyl (C=O) groups is 2. The van der Waals surface area contributed by atoms with Crippen molar-refractivity contribution in [1.82, 2.24) is 15.1 Å². The fourth-order valence-corrected chi connectivity index (χ4v) is 1.57. The molecule has 0 unspecified atom stereocenters. The molecule has 1 aromatic heterocycles. The van der Waals surface area contributed by atoms with Gasteiger partial charge in [-0.3, -0.25) is 19.6 Å². The van der Waals surface area contributed by atoms with Crippen LogP contribution in [-0.4, -0.2) is 21.6 Å². The molecule has 78 valence electrons. The molecule has 0 atom stereocenters. The number of nitrogens with one attached hydrogen (secondary N) is 1. The second kappa shape index (κ2) is 3.34. The molecule has 1 saturated heterocycles. The minimum atomic E-state index is -0.303. The Morgan fingerprint density at radius 1 is 1.53 bits per heavy atom. The first-order valence-corrected chi connectivity index (χ1v) is 4.61. The summed E-state index contributed by atoms with van der Waals surface area (Å²) in [6.07, 6.45) is 3.69. The first kappa shape index (κ1) is 9.64. The minimum absolute atomic E-state index is 0.160. The van der Waals surface area contributed by atoms with Crippen LogP contribution in [0.25, 0.3) is 6.08 Å². The van der Waals surface area contributed by atoms with Crippen LogP contribution in [0, 0.1) is 6.92 Å². The monoisotopic (exact) mass is 205 g/mol. The number of hydrogen-bond acceptors (Lipinski definition) is 3. The average Bonchev–Trinajstić information content (AvgIpc) is 2.58. The van der Waals surface area contributed by atoms with Gasteiger partial charge in [0.05, 0.1) is 12.1 Å². The highest BCUT2D eigenvalue weighted by Crippen LogP contribution is 2.16. The Morgan fingerprint density at radius 2 is 2.27 bits per heavy atom. The lowest BCUT2D eigenvalue weighted by Crippen LogP contribution is -2.19. The number of carbonyl (C=O) groups excluding carboxylic acids is 2. The normalized spacial score (nSPS) is 18.7. The Morgan fingerprint density at radius 3 is 2.73 bits per heavy atom. The Labute approximate surface area is 86.8 Å². The smallest absolute Gasteiger partial charge is 0.254 e. The van der Waals surface area contributed by atoms with Crippen molar-refractivity contribution in [1.29, 1.82) is 0 Å². The van der Waals surface area contributed by atoms with Crippen molar-refractivity contribution in [2.45, 2.75) is 13.3 Å². The summed E-state index contributed by atoms with van der Waals surface area (Å²) in [5, 5.41) is 6.39. The Balaban J connectivity index is 2.34. The summed E-state index contributed by atoms with van der Waals surface area (Å²) in [5.74, 6) is -0.545. The first-order chi connectivity index (χ1) is 7.06. The van der Waals surface area contributed by atoms with Crippen LogP contribution in [0.1, 0.15) is 17.7 Å². The predicted octanol–water partition coefficient (Wildman–Crippen LogP) is 0.158. The van der Waals surface area contributed by atoms with E-state index in [0.717, 1.165) is 11.3 Å². The number of amides is 2. The maximum absolute atomic E-state index is 11.3. The van der Waals surface area contributed by atoms with E-state index >= 15 is 0 Å². The van der Waals surface area contributed by atoms with Crippen LogP contribution in [-0.2, 0) is 16.6 Å². The molecule has 5 nitrogen and oxygen atoms in total. The quantitative estimate of drug-likeness (QED) is 0.524. The van der Waals surface area contributed by atoms with Gasteiger partial charge in [0.25, 0.3) is 5.91 Å². The second-order valence-electron chi connectivity index (χ2n) is 3.57. The van der Waals surface area contributed by atoms with Gasteiger partial charge in [-0.1, -0.05) is 0 Å². The maximum Gasteiger partial charge on any atom is 0.254 e. The standard InChI is InChI=1S/C10H11N3O2/c1-6-8(5-13(2)12-6)3-7-4-9(14)11-10(7)15/h3,5H,4H2,1-2H3,(H,11,14,15)/b7-3-.